The minimum atomic E-state index is -0.684. The number of para-hydroxylation sites is 2. The van der Waals surface area contributed by atoms with Gasteiger partial charge in [0.15, 0.2) is 0 Å². The third-order valence-electron chi connectivity index (χ3n) is 24.1. The van der Waals surface area contributed by atoms with E-state index in [2.05, 4.69) is 24.3 Å². The molecule has 4 nitrogen and oxygen atoms in total. The van der Waals surface area contributed by atoms with Crippen molar-refractivity contribution in [1.29, 1.82) is 0 Å². The van der Waals surface area contributed by atoms with Gasteiger partial charge in [0.25, 0.3) is 0 Å². The fourth-order valence-corrected chi connectivity index (χ4v) is 18.3. The highest BCUT2D eigenvalue weighted by Crippen LogP contribution is 2.53. The highest BCUT2D eigenvalue weighted by atomic mass is 19.2. The molecule has 128 heavy (non-hydrogen) atoms. The minimum Gasteiger partial charge on any atom is -0.310 e. The molecule has 22 aromatic rings. The van der Waals surface area contributed by atoms with E-state index in [9.17, 15) is 0 Å². The summed E-state index contributed by atoms with van der Waals surface area (Å²) in [6.45, 7) is 0. The molecule has 612 valence electrons. The van der Waals surface area contributed by atoms with Crippen LogP contribution in [0.25, 0.3) is 131 Å². The van der Waals surface area contributed by atoms with Crippen molar-refractivity contribution in [2.24, 2.45) is 0 Å². The third-order valence-corrected chi connectivity index (χ3v) is 24.1. The van der Waals surface area contributed by atoms with Crippen molar-refractivity contribution in [1.82, 2.24) is 0 Å². The van der Waals surface area contributed by atoms with E-state index < -0.39 is 46.5 Å². The summed E-state index contributed by atoms with van der Waals surface area (Å²) in [6, 6.07) is 134. The van der Waals surface area contributed by atoms with Gasteiger partial charge in [-0.15, -0.1) is 0 Å². The highest BCUT2D eigenvalue weighted by molar-refractivity contribution is 6.30. The molecule has 0 saturated heterocycles. The zero-order valence-corrected chi connectivity index (χ0v) is 68.4. The van der Waals surface area contributed by atoms with E-state index in [1.54, 1.807) is 97.1 Å². The maximum Gasteiger partial charge on any atom is 0.136 e. The lowest BCUT2D eigenvalue weighted by molar-refractivity contribution is 0.589. The van der Waals surface area contributed by atoms with E-state index in [-0.39, 0.29) is 22.3 Å². The summed E-state index contributed by atoms with van der Waals surface area (Å²) in [4.78, 5) is 7.57. The molecule has 0 aromatic heterocycles. The lowest BCUT2D eigenvalue weighted by atomic mass is 9.91. The number of rotatable bonds is 18. The van der Waals surface area contributed by atoms with Crippen molar-refractivity contribution in [3.8, 4) is 66.8 Å². The number of halogens is 8. The van der Waals surface area contributed by atoms with Crippen LogP contribution in [0.5, 0.6) is 0 Å². The molecular formula is C116H72F8N4. The van der Waals surface area contributed by atoms with E-state index in [4.69, 9.17) is 0 Å². The van der Waals surface area contributed by atoms with Crippen LogP contribution in [0.15, 0.2) is 437 Å². The van der Waals surface area contributed by atoms with Crippen molar-refractivity contribution in [3.63, 3.8) is 0 Å². The summed E-state index contributed by atoms with van der Waals surface area (Å²) in [7, 11) is 0. The summed E-state index contributed by atoms with van der Waals surface area (Å²) >= 11 is 0. The fourth-order valence-electron chi connectivity index (χ4n) is 18.3. The van der Waals surface area contributed by atoms with Crippen LogP contribution < -0.4 is 19.6 Å². The van der Waals surface area contributed by atoms with Crippen molar-refractivity contribution in [2.75, 3.05) is 19.6 Å². The molecule has 0 aliphatic carbocycles. The molecule has 0 spiro atoms. The highest BCUT2D eigenvalue weighted by Gasteiger charge is 2.30. The Bertz CT molecular complexity index is 7320. The van der Waals surface area contributed by atoms with Gasteiger partial charge in [-0.3, -0.25) is 0 Å². The van der Waals surface area contributed by atoms with Gasteiger partial charge in [-0.25, -0.2) is 35.1 Å². The maximum atomic E-state index is 16.5. The average Bonchev–Trinajstić information content (AvgIpc) is 0.723. The molecule has 0 bridgehead atoms. The van der Waals surface area contributed by atoms with Gasteiger partial charge in [-0.05, 0) is 209 Å². The maximum absolute atomic E-state index is 16.5. The van der Waals surface area contributed by atoms with Gasteiger partial charge < -0.3 is 19.6 Å². The lowest BCUT2D eigenvalue weighted by Crippen LogP contribution is -2.12. The number of anilines is 12. The Kier molecular flexibility index (Phi) is 20.5. The van der Waals surface area contributed by atoms with Crippen LogP contribution in [-0.4, -0.2) is 0 Å². The lowest BCUT2D eigenvalue weighted by Gasteiger charge is -2.30. The molecule has 22 aromatic carbocycles. The van der Waals surface area contributed by atoms with Gasteiger partial charge in [-0.2, -0.15) is 0 Å². The monoisotopic (exact) mass is 1670 g/mol. The van der Waals surface area contributed by atoms with Crippen molar-refractivity contribution < 1.29 is 35.1 Å². The topological polar surface area (TPSA) is 13.0 Å². The molecule has 0 radical (unpaired) electrons. The molecule has 0 unspecified atom stereocenters. The van der Waals surface area contributed by atoms with Gasteiger partial charge in [0.05, 0.1) is 67.8 Å². The van der Waals surface area contributed by atoms with Crippen LogP contribution in [-0.2, 0) is 0 Å². The smallest absolute Gasteiger partial charge is 0.136 e. The molecule has 0 amide bonds. The number of nitrogens with zero attached hydrogens (tertiary/aromatic N) is 4. The van der Waals surface area contributed by atoms with Crippen LogP contribution >= 0.6 is 0 Å². The van der Waals surface area contributed by atoms with Gasteiger partial charge in [0.1, 0.15) is 46.5 Å². The van der Waals surface area contributed by atoms with E-state index in [0.29, 0.717) is 67.8 Å². The first-order valence-electron chi connectivity index (χ1n) is 42.0. The van der Waals surface area contributed by atoms with Crippen molar-refractivity contribution in [2.45, 2.75) is 0 Å². The van der Waals surface area contributed by atoms with Crippen LogP contribution in [0.3, 0.4) is 0 Å². The van der Waals surface area contributed by atoms with Gasteiger partial charge >= 0.3 is 0 Å². The predicted molar refractivity (Wildman–Crippen MR) is 511 cm³/mol. The second-order valence-electron chi connectivity index (χ2n) is 31.6. The molecule has 0 saturated carbocycles. The van der Waals surface area contributed by atoms with Gasteiger partial charge in [0.2, 0.25) is 0 Å². The van der Waals surface area contributed by atoms with E-state index in [0.717, 1.165) is 110 Å². The molecule has 0 N–H and O–H groups in total. The van der Waals surface area contributed by atoms with Crippen molar-refractivity contribution in [3.05, 3.63) is 483 Å². The first-order valence-corrected chi connectivity index (χ1v) is 42.0. The van der Waals surface area contributed by atoms with Crippen LogP contribution in [0.2, 0.25) is 0 Å². The molecule has 0 aliphatic heterocycles. The SMILES string of the molecule is Fc1cc(N(c2ccc(-c3ccccc3)cc2)c2ccc3ccc4c(N(c5ccc(-c6ccccc6)cc5)c5cc(F)c(-c6ccccc6)c(F)c5)ccc5ccc2c3c54)cc(F)c1-c1ccccc1.Fc1cc(N(c2ccccc2)c2ccc3ccc4c(N(c5ccccc5)c5cc(F)c(-c6ccccc6)c(F)c5)ccc5ccc2c3c54)cc(F)c1-c1ccccc1. The zero-order valence-electron chi connectivity index (χ0n) is 68.4. The molecule has 0 heterocycles. The summed E-state index contributed by atoms with van der Waals surface area (Å²) in [6.07, 6.45) is 0. The summed E-state index contributed by atoms with van der Waals surface area (Å²) in [5, 5.41) is 11.0. The Morgan fingerprint density at radius 2 is 0.297 bits per heavy atom. The Hall–Kier alpha value is -16.4. The Morgan fingerprint density at radius 1 is 0.133 bits per heavy atom. The quantitative estimate of drug-likeness (QED) is 0.0627. The Labute approximate surface area is 733 Å². The normalized spacial score (nSPS) is 11.4. The molecule has 0 atom stereocenters. The molecule has 22 rings (SSSR count). The van der Waals surface area contributed by atoms with Gasteiger partial charge in [0, 0.05) is 44.3 Å². The van der Waals surface area contributed by atoms with Gasteiger partial charge in [-0.1, -0.05) is 315 Å². The van der Waals surface area contributed by atoms with Crippen LogP contribution in [0, 0.1) is 46.5 Å². The predicted octanol–water partition coefficient (Wildman–Crippen LogP) is 34.2. The van der Waals surface area contributed by atoms with E-state index in [1.165, 1.54) is 48.5 Å². The molecule has 0 aliphatic rings. The standard InChI is InChI=1S/C64H40F4N2.C52H32F4N2/c65-55-37-51(38-56(66)63(55)45-17-9-3-10-18-45)69(49-29-21-43(22-30-49)41-13-5-1-6-14-41)59-35-27-47-26-34-54-60(36-28-48-25-33-53(59)61(47)62(48)54)70(50-31-23-44(24-32-50)42-15-7-2-8-16-42)52-39-57(67)64(58(68)40-52)46-19-11-4-12-20-46;53-43-29-39(30-44(54)51(43)33-13-5-1-6-14-33)57(37-17-9-3-10-18-37)47-27-23-35-22-26-42-48(28-24-36-21-25-41(47)49(35)50(36)42)58(38-19-11-4-12-20-38)40-31-45(55)52(46(56)32-40)34-15-7-2-8-16-34/h1-40H;1-32H. The summed E-state index contributed by atoms with van der Waals surface area (Å²) in [5.41, 5.74) is 12.5. The molecule has 12 heteroatoms. The number of hydrogen-bond acceptors (Lipinski definition) is 4. The Morgan fingerprint density at radius 3 is 0.500 bits per heavy atom. The van der Waals surface area contributed by atoms with E-state index in [1.807, 2.05) is 287 Å². The molecular weight excluding hydrogens is 1600 g/mol. The van der Waals surface area contributed by atoms with Crippen molar-refractivity contribution >= 4 is 133 Å². The summed E-state index contributed by atoms with van der Waals surface area (Å²) in [5.74, 6) is -5.42. The number of benzene rings is 22. The van der Waals surface area contributed by atoms with Crippen LogP contribution in [0.1, 0.15) is 0 Å². The number of hydrogen-bond donors (Lipinski definition) is 0. The Balaban J connectivity index is 0.000000158. The first kappa shape index (κ1) is 78.8. The minimum absolute atomic E-state index is 0.0855. The second kappa shape index (κ2) is 33.3. The molecule has 0 fully saturated rings. The van der Waals surface area contributed by atoms with E-state index >= 15 is 35.1 Å². The largest absolute Gasteiger partial charge is 0.310 e. The average molecular weight is 1670 g/mol. The fraction of sp³-hybridized carbons (Fsp3) is 0. The first-order chi connectivity index (χ1) is 62.8. The zero-order chi connectivity index (χ0) is 86.6. The third kappa shape index (κ3) is 14.4. The second-order valence-corrected chi connectivity index (χ2v) is 31.6. The summed E-state index contributed by atoms with van der Waals surface area (Å²) < 4.78 is 130. The van der Waals surface area contributed by atoms with Crippen LogP contribution in [0.4, 0.5) is 103 Å².